The number of benzene rings is 2. The second-order valence-corrected chi connectivity index (χ2v) is 9.33. The predicted octanol–water partition coefficient (Wildman–Crippen LogP) is 3.69. The number of fused-ring (bicyclic) bond motifs is 4. The second kappa shape index (κ2) is 6.26. The molecule has 152 valence electrons. The lowest BCUT2D eigenvalue weighted by atomic mass is 10.3. The molecule has 0 radical (unpaired) electrons. The molecule has 0 bridgehead atoms. The number of nitrogens with zero attached hydrogens (tertiary/aromatic N) is 4. The molecule has 2 aromatic heterocycles. The summed E-state index contributed by atoms with van der Waals surface area (Å²) in [6, 6.07) is 8.00. The van der Waals surface area contributed by atoms with Crippen LogP contribution in [0.1, 0.15) is 0 Å². The van der Waals surface area contributed by atoms with Crippen LogP contribution < -0.4 is 28.7 Å². The summed E-state index contributed by atoms with van der Waals surface area (Å²) in [4.78, 5) is 14.4. The van der Waals surface area contributed by atoms with Gasteiger partial charge in [-0.2, -0.15) is 0 Å². The Bertz CT molecular complexity index is 1110. The van der Waals surface area contributed by atoms with E-state index < -0.39 is 0 Å². The van der Waals surface area contributed by atoms with Gasteiger partial charge in [0.25, 0.3) is 0 Å². The van der Waals surface area contributed by atoms with Gasteiger partial charge in [-0.3, -0.25) is 0 Å². The molecule has 1 saturated heterocycles. The molecule has 0 N–H and O–H groups in total. The van der Waals surface area contributed by atoms with Gasteiger partial charge in [0.1, 0.15) is 0 Å². The quantitative estimate of drug-likeness (QED) is 0.468. The molecule has 8 nitrogen and oxygen atoms in total. The first-order valence-corrected chi connectivity index (χ1v) is 11.3. The lowest BCUT2D eigenvalue weighted by Crippen LogP contribution is -2.46. The Morgan fingerprint density at radius 2 is 1.00 bits per heavy atom. The summed E-state index contributed by atoms with van der Waals surface area (Å²) in [6.07, 6.45) is 0. The van der Waals surface area contributed by atoms with Crippen LogP contribution in [0.15, 0.2) is 24.3 Å². The van der Waals surface area contributed by atoms with Crippen LogP contribution >= 0.6 is 22.7 Å². The van der Waals surface area contributed by atoms with Crippen molar-refractivity contribution in [1.29, 1.82) is 0 Å². The van der Waals surface area contributed by atoms with Crippen molar-refractivity contribution in [3.63, 3.8) is 0 Å². The molecule has 4 aromatic rings. The van der Waals surface area contributed by atoms with Crippen LogP contribution in [0.5, 0.6) is 23.0 Å². The van der Waals surface area contributed by atoms with Gasteiger partial charge >= 0.3 is 0 Å². The van der Waals surface area contributed by atoms with Gasteiger partial charge < -0.3 is 28.7 Å². The average Bonchev–Trinajstić information content (AvgIpc) is 3.54. The number of hydrogen-bond donors (Lipinski definition) is 0. The van der Waals surface area contributed by atoms with E-state index in [1.54, 1.807) is 22.7 Å². The third kappa shape index (κ3) is 2.56. The lowest BCUT2D eigenvalue weighted by molar-refractivity contribution is 0.173. The Labute approximate surface area is 179 Å². The van der Waals surface area contributed by atoms with Crippen LogP contribution in [0.2, 0.25) is 0 Å². The Morgan fingerprint density at radius 3 is 1.43 bits per heavy atom. The van der Waals surface area contributed by atoms with Gasteiger partial charge in [0.2, 0.25) is 13.6 Å². The molecule has 5 heterocycles. The van der Waals surface area contributed by atoms with Crippen LogP contribution in [-0.2, 0) is 0 Å². The molecule has 30 heavy (non-hydrogen) atoms. The van der Waals surface area contributed by atoms with E-state index in [-0.39, 0.29) is 13.6 Å². The van der Waals surface area contributed by atoms with Crippen LogP contribution in [-0.4, -0.2) is 49.7 Å². The van der Waals surface area contributed by atoms with Crippen LogP contribution in [0.3, 0.4) is 0 Å². The zero-order chi connectivity index (χ0) is 19.7. The van der Waals surface area contributed by atoms with Gasteiger partial charge in [-0.1, -0.05) is 22.7 Å². The lowest BCUT2D eigenvalue weighted by Gasteiger charge is -2.34. The van der Waals surface area contributed by atoms with E-state index in [1.165, 1.54) is 0 Å². The van der Waals surface area contributed by atoms with Gasteiger partial charge in [0.15, 0.2) is 33.3 Å². The summed E-state index contributed by atoms with van der Waals surface area (Å²) in [5, 5.41) is 2.09. The molecule has 3 aliphatic heterocycles. The first-order valence-electron chi connectivity index (χ1n) is 9.70. The highest BCUT2D eigenvalue weighted by molar-refractivity contribution is 7.22. The zero-order valence-electron chi connectivity index (χ0n) is 15.8. The SMILES string of the molecule is c1c2c(cc3sc(N4CCN(c5nc6cc7c(cc6s5)OCO7)CC4)nc13)OCO2. The molecule has 1 fully saturated rings. The maximum Gasteiger partial charge on any atom is 0.231 e. The number of hydrogen-bond acceptors (Lipinski definition) is 10. The topological polar surface area (TPSA) is 69.2 Å². The zero-order valence-corrected chi connectivity index (χ0v) is 17.4. The normalized spacial score (nSPS) is 17.5. The van der Waals surface area contributed by atoms with E-state index in [0.717, 1.165) is 79.9 Å². The number of rotatable bonds is 2. The number of ether oxygens (including phenoxy) is 4. The highest BCUT2D eigenvalue weighted by Crippen LogP contribution is 2.41. The van der Waals surface area contributed by atoms with Crippen LogP contribution in [0, 0.1) is 0 Å². The fraction of sp³-hybridized carbons (Fsp3) is 0.300. The van der Waals surface area contributed by atoms with Crippen molar-refractivity contribution in [3.8, 4) is 23.0 Å². The summed E-state index contributed by atoms with van der Waals surface area (Å²) in [5.41, 5.74) is 1.93. The van der Waals surface area contributed by atoms with Crippen LogP contribution in [0.4, 0.5) is 10.3 Å². The third-order valence-corrected chi connectivity index (χ3v) is 7.72. The van der Waals surface area contributed by atoms with Crippen molar-refractivity contribution in [2.45, 2.75) is 0 Å². The molecule has 0 aliphatic carbocycles. The molecule has 0 unspecified atom stereocenters. The fourth-order valence-electron chi connectivity index (χ4n) is 3.97. The number of piperazine rings is 1. The molecule has 2 aromatic carbocycles. The molecule has 3 aliphatic rings. The van der Waals surface area contributed by atoms with E-state index >= 15 is 0 Å². The maximum atomic E-state index is 5.49. The Kier molecular flexibility index (Phi) is 3.50. The molecule has 0 atom stereocenters. The smallest absolute Gasteiger partial charge is 0.231 e. The van der Waals surface area contributed by atoms with E-state index in [0.29, 0.717) is 0 Å². The van der Waals surface area contributed by atoms with E-state index in [4.69, 9.17) is 28.9 Å². The van der Waals surface area contributed by atoms with Crippen LogP contribution in [0.25, 0.3) is 20.4 Å². The molecular formula is C20H16N4O4S2. The number of thiazole rings is 2. The Morgan fingerprint density at radius 1 is 0.600 bits per heavy atom. The van der Waals surface area contributed by atoms with E-state index in [2.05, 4.69) is 9.80 Å². The third-order valence-electron chi connectivity index (χ3n) is 5.56. The number of anilines is 2. The van der Waals surface area contributed by atoms with Crippen molar-refractivity contribution in [3.05, 3.63) is 24.3 Å². The van der Waals surface area contributed by atoms with Gasteiger partial charge in [0.05, 0.1) is 20.4 Å². The summed E-state index contributed by atoms with van der Waals surface area (Å²) in [5.74, 6) is 3.17. The standard InChI is InChI=1S/C20H16N4O4S2/c1-2-24(20-22-12-6-14-16(28-10-26-14)8-18(12)30-20)4-3-23(1)19-21-11-5-13-15(27-9-25-13)7-17(11)29-19/h5-8H,1-4,9-10H2. The van der Waals surface area contributed by atoms with Crippen molar-refractivity contribution in [2.24, 2.45) is 0 Å². The highest BCUT2D eigenvalue weighted by Gasteiger charge is 2.24. The summed E-state index contributed by atoms with van der Waals surface area (Å²) < 4.78 is 24.2. The molecule has 10 heteroatoms. The second-order valence-electron chi connectivity index (χ2n) is 7.31. The van der Waals surface area contributed by atoms with Gasteiger partial charge in [-0.25, -0.2) is 9.97 Å². The predicted molar refractivity (Wildman–Crippen MR) is 116 cm³/mol. The summed E-state index contributed by atoms with van der Waals surface area (Å²) >= 11 is 3.41. The average molecular weight is 441 g/mol. The number of aromatic nitrogens is 2. The fourth-order valence-corrected chi connectivity index (χ4v) is 6.03. The van der Waals surface area contributed by atoms with Gasteiger partial charge in [-0.05, 0) is 0 Å². The Balaban J connectivity index is 1.11. The molecular weight excluding hydrogens is 424 g/mol. The van der Waals surface area contributed by atoms with Crippen molar-refractivity contribution < 1.29 is 18.9 Å². The molecule has 7 rings (SSSR count). The maximum absolute atomic E-state index is 5.49. The minimum absolute atomic E-state index is 0.288. The minimum atomic E-state index is 0.288. The summed E-state index contributed by atoms with van der Waals surface area (Å²) in [7, 11) is 0. The first kappa shape index (κ1) is 16.8. The minimum Gasteiger partial charge on any atom is -0.454 e. The van der Waals surface area contributed by atoms with Gasteiger partial charge in [0, 0.05) is 50.4 Å². The summed E-state index contributed by atoms with van der Waals surface area (Å²) in [6.45, 7) is 4.21. The monoisotopic (exact) mass is 440 g/mol. The Hall–Kier alpha value is -2.98. The van der Waals surface area contributed by atoms with E-state index in [9.17, 15) is 0 Å². The molecule has 0 amide bonds. The van der Waals surface area contributed by atoms with Crippen molar-refractivity contribution >= 4 is 53.4 Å². The highest BCUT2D eigenvalue weighted by atomic mass is 32.1. The van der Waals surface area contributed by atoms with E-state index in [1.807, 2.05) is 24.3 Å². The molecule has 0 spiro atoms. The van der Waals surface area contributed by atoms with Gasteiger partial charge in [-0.15, -0.1) is 0 Å². The molecule has 0 saturated carbocycles. The van der Waals surface area contributed by atoms with Crippen molar-refractivity contribution in [2.75, 3.05) is 49.6 Å². The first-order chi connectivity index (χ1) is 14.8. The largest absolute Gasteiger partial charge is 0.454 e. The van der Waals surface area contributed by atoms with Crippen molar-refractivity contribution in [1.82, 2.24) is 9.97 Å².